The van der Waals surface area contributed by atoms with Crippen molar-refractivity contribution in [1.29, 1.82) is 0 Å². The molecule has 0 bridgehead atoms. The minimum Gasteiger partial charge on any atom is -0.340 e. The minimum absolute atomic E-state index is 0.101. The molecule has 7 heteroatoms. The normalized spacial score (nSPS) is 13.4. The van der Waals surface area contributed by atoms with Crippen LogP contribution in [0.2, 0.25) is 0 Å². The van der Waals surface area contributed by atoms with Crippen LogP contribution in [0.5, 0.6) is 0 Å². The van der Waals surface area contributed by atoms with Crippen molar-refractivity contribution in [3.8, 4) is 0 Å². The van der Waals surface area contributed by atoms with Crippen molar-refractivity contribution in [1.82, 2.24) is 5.32 Å². The number of rotatable bonds is 7. The molecular weight excluding hydrogens is 364 g/mol. The molecule has 2 atom stereocenters. The molecule has 0 saturated heterocycles. The Balaban J connectivity index is 2.19. The van der Waals surface area contributed by atoms with Crippen molar-refractivity contribution in [3.63, 3.8) is 0 Å². The van der Waals surface area contributed by atoms with E-state index in [1.54, 1.807) is 36.4 Å². The van der Waals surface area contributed by atoms with Gasteiger partial charge in [-0.2, -0.15) is 0 Å². The van der Waals surface area contributed by atoms with E-state index in [-0.39, 0.29) is 22.6 Å². The number of amides is 2. The molecular formula is C20H24N2O4S. The molecule has 144 valence electrons. The van der Waals surface area contributed by atoms with Crippen LogP contribution < -0.4 is 10.6 Å². The second-order valence-electron chi connectivity index (χ2n) is 6.49. The zero-order chi connectivity index (χ0) is 20.0. The van der Waals surface area contributed by atoms with Gasteiger partial charge in [0.1, 0.15) is 6.04 Å². The zero-order valence-corrected chi connectivity index (χ0v) is 16.4. The van der Waals surface area contributed by atoms with E-state index in [1.807, 2.05) is 19.9 Å². The van der Waals surface area contributed by atoms with Gasteiger partial charge >= 0.3 is 0 Å². The molecule has 0 fully saturated rings. The SMILES string of the molecule is CC[C@H](C)[C@H](NC(=O)c1ccccc1)C(=O)Nc1cccc(S(C)(=O)=O)c1. The summed E-state index contributed by atoms with van der Waals surface area (Å²) < 4.78 is 23.4. The van der Waals surface area contributed by atoms with Gasteiger partial charge in [0.05, 0.1) is 4.90 Å². The number of carbonyl (C=O) groups is 2. The maximum Gasteiger partial charge on any atom is 0.251 e. The largest absolute Gasteiger partial charge is 0.340 e. The predicted molar refractivity (Wildman–Crippen MR) is 105 cm³/mol. The van der Waals surface area contributed by atoms with Crippen molar-refractivity contribution in [2.24, 2.45) is 5.92 Å². The molecule has 0 aliphatic heterocycles. The van der Waals surface area contributed by atoms with Crippen LogP contribution in [0.25, 0.3) is 0 Å². The summed E-state index contributed by atoms with van der Waals surface area (Å²) in [4.78, 5) is 25.3. The number of sulfone groups is 1. The van der Waals surface area contributed by atoms with Gasteiger partial charge in [0.15, 0.2) is 9.84 Å². The van der Waals surface area contributed by atoms with Crippen LogP contribution in [0.15, 0.2) is 59.5 Å². The highest BCUT2D eigenvalue weighted by Gasteiger charge is 2.26. The lowest BCUT2D eigenvalue weighted by molar-refractivity contribution is -0.119. The quantitative estimate of drug-likeness (QED) is 0.763. The average Bonchev–Trinajstić information content (AvgIpc) is 2.65. The van der Waals surface area contributed by atoms with E-state index in [9.17, 15) is 18.0 Å². The second kappa shape index (κ2) is 8.81. The summed E-state index contributed by atoms with van der Waals surface area (Å²) in [6.07, 6.45) is 1.80. The lowest BCUT2D eigenvalue weighted by Crippen LogP contribution is -2.47. The van der Waals surface area contributed by atoms with Crippen molar-refractivity contribution in [2.75, 3.05) is 11.6 Å². The Morgan fingerprint density at radius 1 is 1.04 bits per heavy atom. The monoisotopic (exact) mass is 388 g/mol. The number of hydrogen-bond acceptors (Lipinski definition) is 4. The molecule has 0 radical (unpaired) electrons. The van der Waals surface area contributed by atoms with E-state index < -0.39 is 15.9 Å². The fourth-order valence-electron chi connectivity index (χ4n) is 2.54. The first-order valence-corrected chi connectivity index (χ1v) is 10.6. The third kappa shape index (κ3) is 5.65. The molecule has 2 aromatic rings. The van der Waals surface area contributed by atoms with Gasteiger partial charge in [-0.3, -0.25) is 9.59 Å². The van der Waals surface area contributed by atoms with Crippen molar-refractivity contribution in [2.45, 2.75) is 31.2 Å². The molecule has 0 aromatic heterocycles. The van der Waals surface area contributed by atoms with Gasteiger partial charge in [-0.25, -0.2) is 8.42 Å². The van der Waals surface area contributed by atoms with E-state index in [4.69, 9.17) is 0 Å². The summed E-state index contributed by atoms with van der Waals surface area (Å²) in [7, 11) is -3.38. The number of anilines is 1. The minimum atomic E-state index is -3.38. The highest BCUT2D eigenvalue weighted by molar-refractivity contribution is 7.90. The van der Waals surface area contributed by atoms with Crippen molar-refractivity contribution < 1.29 is 18.0 Å². The molecule has 2 amide bonds. The Labute approximate surface area is 159 Å². The molecule has 6 nitrogen and oxygen atoms in total. The van der Waals surface area contributed by atoms with Gasteiger partial charge in [0.2, 0.25) is 5.91 Å². The summed E-state index contributed by atoms with van der Waals surface area (Å²) in [5, 5.41) is 5.49. The summed E-state index contributed by atoms with van der Waals surface area (Å²) >= 11 is 0. The van der Waals surface area contributed by atoms with Crippen molar-refractivity contribution in [3.05, 3.63) is 60.2 Å². The van der Waals surface area contributed by atoms with Gasteiger partial charge in [0, 0.05) is 17.5 Å². The summed E-state index contributed by atoms with van der Waals surface area (Å²) in [6, 6.07) is 14.0. The third-order valence-corrected chi connectivity index (χ3v) is 5.46. The molecule has 0 aliphatic rings. The molecule has 0 spiro atoms. The fourth-order valence-corrected chi connectivity index (χ4v) is 3.21. The third-order valence-electron chi connectivity index (χ3n) is 4.35. The molecule has 2 N–H and O–H groups in total. The summed E-state index contributed by atoms with van der Waals surface area (Å²) in [6.45, 7) is 3.81. The first kappa shape index (κ1) is 20.6. The molecule has 0 heterocycles. The van der Waals surface area contributed by atoms with E-state index in [1.165, 1.54) is 12.1 Å². The van der Waals surface area contributed by atoms with Crippen LogP contribution in [0.4, 0.5) is 5.69 Å². The van der Waals surface area contributed by atoms with E-state index in [2.05, 4.69) is 10.6 Å². The van der Waals surface area contributed by atoms with Gasteiger partial charge < -0.3 is 10.6 Å². The Morgan fingerprint density at radius 2 is 1.70 bits per heavy atom. The number of hydrogen-bond donors (Lipinski definition) is 2. The number of carbonyl (C=O) groups excluding carboxylic acids is 2. The lowest BCUT2D eigenvalue weighted by atomic mass is 9.97. The first-order chi connectivity index (χ1) is 12.7. The van der Waals surface area contributed by atoms with Crippen LogP contribution in [0.1, 0.15) is 30.6 Å². The maximum atomic E-state index is 12.8. The zero-order valence-electron chi connectivity index (χ0n) is 15.6. The van der Waals surface area contributed by atoms with Crippen LogP contribution in [0, 0.1) is 5.92 Å². The average molecular weight is 388 g/mol. The fraction of sp³-hybridized carbons (Fsp3) is 0.300. The number of benzene rings is 2. The molecule has 0 saturated carbocycles. The van der Waals surface area contributed by atoms with Gasteiger partial charge in [-0.15, -0.1) is 0 Å². The lowest BCUT2D eigenvalue weighted by Gasteiger charge is -2.23. The predicted octanol–water partition coefficient (Wildman–Crippen LogP) is 2.87. The van der Waals surface area contributed by atoms with Gasteiger partial charge in [-0.1, -0.05) is 44.5 Å². The van der Waals surface area contributed by atoms with Gasteiger partial charge in [0.25, 0.3) is 5.91 Å². The van der Waals surface area contributed by atoms with Crippen LogP contribution in [-0.4, -0.2) is 32.5 Å². The van der Waals surface area contributed by atoms with Crippen LogP contribution in [-0.2, 0) is 14.6 Å². The summed E-state index contributed by atoms with van der Waals surface area (Å²) in [5.74, 6) is -0.823. The Kier molecular flexibility index (Phi) is 6.74. The maximum absolute atomic E-state index is 12.8. The highest BCUT2D eigenvalue weighted by atomic mass is 32.2. The molecule has 0 unspecified atom stereocenters. The van der Waals surface area contributed by atoms with Crippen LogP contribution in [0.3, 0.4) is 0 Å². The Bertz CT molecular complexity index is 911. The van der Waals surface area contributed by atoms with E-state index in [0.717, 1.165) is 6.26 Å². The smallest absolute Gasteiger partial charge is 0.251 e. The van der Waals surface area contributed by atoms with E-state index >= 15 is 0 Å². The summed E-state index contributed by atoms with van der Waals surface area (Å²) in [5.41, 5.74) is 0.836. The van der Waals surface area contributed by atoms with Gasteiger partial charge in [-0.05, 0) is 36.2 Å². The van der Waals surface area contributed by atoms with Crippen LogP contribution >= 0.6 is 0 Å². The molecule has 27 heavy (non-hydrogen) atoms. The van der Waals surface area contributed by atoms with E-state index in [0.29, 0.717) is 17.7 Å². The molecule has 2 aromatic carbocycles. The standard InChI is InChI=1S/C20H24N2O4S/c1-4-14(2)18(22-19(23)15-9-6-5-7-10-15)20(24)21-16-11-8-12-17(13-16)27(3,25)26/h5-14,18H,4H2,1-3H3,(H,21,24)(H,22,23)/t14-,18-/m0/s1. The molecule has 2 rings (SSSR count). The highest BCUT2D eigenvalue weighted by Crippen LogP contribution is 2.17. The molecule has 0 aliphatic carbocycles. The number of nitrogens with one attached hydrogen (secondary N) is 2. The topological polar surface area (TPSA) is 92.3 Å². The van der Waals surface area contributed by atoms with Crippen molar-refractivity contribution >= 4 is 27.3 Å². The Hall–Kier alpha value is -2.67. The Morgan fingerprint density at radius 3 is 2.30 bits per heavy atom. The first-order valence-electron chi connectivity index (χ1n) is 8.69. The second-order valence-corrected chi connectivity index (χ2v) is 8.51.